The second-order valence-electron chi connectivity index (χ2n) is 9.36. The zero-order valence-electron chi connectivity index (χ0n) is 20.5. The van der Waals surface area contributed by atoms with E-state index in [1.165, 1.54) is 10.8 Å². The number of aryl methyl sites for hydroxylation is 3. The van der Waals surface area contributed by atoms with Gasteiger partial charge in [-0.1, -0.05) is 17.7 Å². The van der Waals surface area contributed by atoms with Crippen LogP contribution in [0, 0.1) is 26.6 Å². The molecule has 188 valence electrons. The Bertz CT molecular complexity index is 1070. The molecular weight excluding hydrogens is 470 g/mol. The second-order valence-corrected chi connectivity index (χ2v) is 11.5. The zero-order valence-corrected chi connectivity index (χ0v) is 21.3. The molecule has 0 saturated carbocycles. The predicted octanol–water partition coefficient (Wildman–Crippen LogP) is 5.46. The first-order valence-electron chi connectivity index (χ1n) is 11.0. The lowest BCUT2D eigenvalue weighted by Gasteiger charge is -2.23. The first kappa shape index (κ1) is 28.0. The van der Waals surface area contributed by atoms with Crippen molar-refractivity contribution in [1.82, 2.24) is 0 Å². The average Bonchev–Trinajstić information content (AvgIpc) is 2.66. The van der Waals surface area contributed by atoms with Crippen molar-refractivity contribution in [2.24, 2.45) is 0 Å². The number of alkyl halides is 3. The molecule has 2 aromatic carbocycles. The molecule has 9 heteroatoms. The van der Waals surface area contributed by atoms with Gasteiger partial charge in [0.25, 0.3) is 0 Å². The molecule has 0 aromatic heterocycles. The van der Waals surface area contributed by atoms with E-state index in [1.54, 1.807) is 41.5 Å². The summed E-state index contributed by atoms with van der Waals surface area (Å²) in [6.07, 6.45) is -5.39. The third-order valence-electron chi connectivity index (χ3n) is 5.35. The highest BCUT2D eigenvalue weighted by Crippen LogP contribution is 2.39. The highest BCUT2D eigenvalue weighted by molar-refractivity contribution is 7.79. The van der Waals surface area contributed by atoms with Crippen LogP contribution in [-0.2, 0) is 26.7 Å². The topological polar surface area (TPSA) is 60.0 Å². The first-order chi connectivity index (χ1) is 15.6. The molecule has 2 aromatic rings. The Morgan fingerprint density at radius 3 is 2.09 bits per heavy atom. The predicted molar refractivity (Wildman–Crippen MR) is 125 cm³/mol. The van der Waals surface area contributed by atoms with Gasteiger partial charge < -0.3 is 4.74 Å². The number of hydrogen-bond donors (Lipinski definition) is 1. The maximum atomic E-state index is 15.4. The lowest BCUT2D eigenvalue weighted by molar-refractivity contribution is -0.542. The normalized spacial score (nSPS) is 14.1. The van der Waals surface area contributed by atoms with E-state index in [2.05, 4.69) is 0 Å². The summed E-state index contributed by atoms with van der Waals surface area (Å²) in [6, 6.07) is 4.64. The van der Waals surface area contributed by atoms with Crippen molar-refractivity contribution >= 4 is 17.0 Å². The van der Waals surface area contributed by atoms with Crippen LogP contribution in [0.4, 0.5) is 17.6 Å². The van der Waals surface area contributed by atoms with Gasteiger partial charge in [0.05, 0.1) is 16.9 Å². The fourth-order valence-corrected chi connectivity index (χ4v) is 4.84. The molecule has 0 radical (unpaired) electrons. The van der Waals surface area contributed by atoms with Crippen molar-refractivity contribution in [2.45, 2.75) is 71.9 Å². The summed E-state index contributed by atoms with van der Waals surface area (Å²) in [4.78, 5) is 12.3. The molecule has 0 fully saturated rings. The van der Waals surface area contributed by atoms with Crippen molar-refractivity contribution in [3.63, 3.8) is 0 Å². The minimum absolute atomic E-state index is 0.0615. The van der Waals surface area contributed by atoms with Crippen LogP contribution < -0.4 is 4.72 Å². The Morgan fingerprint density at radius 2 is 1.62 bits per heavy atom. The molecule has 0 amide bonds. The van der Waals surface area contributed by atoms with Gasteiger partial charge in [0.1, 0.15) is 18.3 Å². The summed E-state index contributed by atoms with van der Waals surface area (Å²) >= 11 is 0. The minimum atomic E-state index is -4.96. The lowest BCUT2D eigenvalue weighted by atomic mass is 9.89. The molecule has 0 saturated heterocycles. The number of halogens is 4. The number of esters is 1. The molecule has 0 spiro atoms. The highest BCUT2D eigenvalue weighted by atomic mass is 32.2. The van der Waals surface area contributed by atoms with Crippen LogP contribution in [-0.4, -0.2) is 21.5 Å². The van der Waals surface area contributed by atoms with E-state index in [4.69, 9.17) is 4.74 Å². The van der Waals surface area contributed by atoms with Crippen LogP contribution in [0.15, 0.2) is 24.3 Å². The van der Waals surface area contributed by atoms with Crippen molar-refractivity contribution in [2.75, 3.05) is 6.61 Å². The summed E-state index contributed by atoms with van der Waals surface area (Å²) in [7, 11) is -1.67. The largest absolute Gasteiger partial charge is 0.466 e. The third kappa shape index (κ3) is 6.66. The maximum absolute atomic E-state index is 15.4. The molecule has 0 aliphatic carbocycles. The molecule has 0 heterocycles. The lowest BCUT2D eigenvalue weighted by Crippen LogP contribution is -2.88. The summed E-state index contributed by atoms with van der Waals surface area (Å²) in [5, 5.41) is 0. The van der Waals surface area contributed by atoms with E-state index in [0.29, 0.717) is 5.56 Å². The Hall–Kier alpha value is -2.26. The van der Waals surface area contributed by atoms with Gasteiger partial charge in [-0.2, -0.15) is 17.4 Å². The van der Waals surface area contributed by atoms with Crippen LogP contribution in [0.5, 0.6) is 0 Å². The highest BCUT2D eigenvalue weighted by Gasteiger charge is 2.39. The molecule has 2 unspecified atom stereocenters. The Morgan fingerprint density at radius 1 is 1.06 bits per heavy atom. The average molecular weight is 503 g/mol. The molecule has 2 atom stereocenters. The van der Waals surface area contributed by atoms with E-state index in [0.717, 1.165) is 22.8 Å². The van der Waals surface area contributed by atoms with E-state index >= 15 is 4.39 Å². The van der Waals surface area contributed by atoms with Gasteiger partial charge in [0, 0.05) is 5.56 Å². The van der Waals surface area contributed by atoms with Gasteiger partial charge in [-0.25, -0.2) is 4.39 Å². The van der Waals surface area contributed by atoms with Gasteiger partial charge in [-0.05, 0) is 82.9 Å². The number of ether oxygens (including phenoxy) is 1. The summed E-state index contributed by atoms with van der Waals surface area (Å²) in [6.45, 7) is 12.2. The SMILES string of the molecule is CCOC(=O)CC([NH2+]S(=O)C(C)(C)C)c1cc(-c2c(C)cc(C)cc2C)cc(C(F)(F)F)c1F. The van der Waals surface area contributed by atoms with Gasteiger partial charge >= 0.3 is 12.1 Å². The van der Waals surface area contributed by atoms with Gasteiger partial charge in [0.2, 0.25) is 11.0 Å². The standard InChI is InChI=1S/C25H31F4NO3S/c1-8-33-21(31)13-20(30-34(32)24(5,6)7)18-11-17(12-19(23(18)26)25(27,28)29)22-15(3)9-14(2)10-16(22)4/h9-12,20,30H,8,13H2,1-7H3/p+1. The Kier molecular flexibility index (Phi) is 8.69. The number of carbonyl (C=O) groups excluding carboxylic acids is 1. The quantitative estimate of drug-likeness (QED) is 0.404. The number of benzene rings is 2. The van der Waals surface area contributed by atoms with Crippen LogP contribution >= 0.6 is 0 Å². The Balaban J connectivity index is 2.80. The van der Waals surface area contributed by atoms with Gasteiger partial charge in [0.15, 0.2) is 0 Å². The molecule has 0 bridgehead atoms. The Labute approximate surface area is 200 Å². The fourth-order valence-electron chi connectivity index (χ4n) is 3.89. The molecule has 0 aliphatic heterocycles. The zero-order chi connectivity index (χ0) is 26.0. The van der Waals surface area contributed by atoms with Crippen molar-refractivity contribution < 1.29 is 36.0 Å². The van der Waals surface area contributed by atoms with E-state index in [9.17, 15) is 22.2 Å². The van der Waals surface area contributed by atoms with E-state index in [-0.39, 0.29) is 17.7 Å². The second kappa shape index (κ2) is 10.6. The molecule has 2 rings (SSSR count). The van der Waals surface area contributed by atoms with Crippen LogP contribution in [0.2, 0.25) is 0 Å². The number of hydrogen-bond acceptors (Lipinski definition) is 3. The summed E-state index contributed by atoms with van der Waals surface area (Å²) in [5.74, 6) is -2.19. The number of carbonyl (C=O) groups is 1. The fraction of sp³-hybridized carbons (Fsp3) is 0.480. The van der Waals surface area contributed by atoms with Gasteiger partial charge in [-0.15, -0.1) is 0 Å². The van der Waals surface area contributed by atoms with Crippen molar-refractivity contribution in [3.8, 4) is 11.1 Å². The first-order valence-corrected chi connectivity index (χ1v) is 12.2. The number of quaternary nitrogens is 1. The van der Waals surface area contributed by atoms with Gasteiger partial charge in [-0.3, -0.25) is 9.52 Å². The number of rotatable bonds is 7. The molecule has 34 heavy (non-hydrogen) atoms. The summed E-state index contributed by atoms with van der Waals surface area (Å²) < 4.78 is 75.3. The molecule has 4 nitrogen and oxygen atoms in total. The summed E-state index contributed by atoms with van der Waals surface area (Å²) in [5.41, 5.74) is 1.41. The van der Waals surface area contributed by atoms with Crippen molar-refractivity contribution in [1.29, 1.82) is 0 Å². The minimum Gasteiger partial charge on any atom is -0.466 e. The van der Waals surface area contributed by atoms with Crippen LogP contribution in [0.3, 0.4) is 0 Å². The smallest absolute Gasteiger partial charge is 0.419 e. The molecule has 2 N–H and O–H groups in total. The van der Waals surface area contributed by atoms with Crippen LogP contribution in [0.25, 0.3) is 11.1 Å². The van der Waals surface area contributed by atoms with Crippen molar-refractivity contribution in [3.05, 3.63) is 57.9 Å². The van der Waals surface area contributed by atoms with E-state index < -0.39 is 51.7 Å². The van der Waals surface area contributed by atoms with Crippen LogP contribution in [0.1, 0.15) is 68.0 Å². The monoisotopic (exact) mass is 502 g/mol. The maximum Gasteiger partial charge on any atom is 0.419 e. The third-order valence-corrected chi connectivity index (χ3v) is 7.14. The van der Waals surface area contributed by atoms with E-state index in [1.807, 2.05) is 19.1 Å². The molecular formula is C25H32F4NO3S+. The number of nitrogens with two attached hydrogens (primary N) is 1. The molecule has 0 aliphatic rings.